The number of methoxy groups -OCH3 is 1. The van der Waals surface area contributed by atoms with Gasteiger partial charge in [-0.15, -0.1) is 0 Å². The number of esters is 1. The molecule has 26 heavy (non-hydrogen) atoms. The van der Waals surface area contributed by atoms with Crippen molar-refractivity contribution in [1.82, 2.24) is 5.32 Å². The normalized spacial score (nSPS) is 12.6. The van der Waals surface area contributed by atoms with E-state index in [9.17, 15) is 9.59 Å². The predicted octanol–water partition coefficient (Wildman–Crippen LogP) is 2.71. The molecule has 2 atom stereocenters. The third kappa shape index (κ3) is 5.81. The first-order chi connectivity index (χ1) is 12.5. The first-order valence-electron chi connectivity index (χ1n) is 8.32. The molecule has 0 aliphatic rings. The van der Waals surface area contributed by atoms with Gasteiger partial charge in [0.1, 0.15) is 11.5 Å². The number of carbonyl (C=O) groups excluding carboxylic acids is 2. The van der Waals surface area contributed by atoms with Gasteiger partial charge in [0.15, 0.2) is 12.2 Å². The lowest BCUT2D eigenvalue weighted by Gasteiger charge is -2.18. The molecule has 6 heteroatoms. The highest BCUT2D eigenvalue weighted by Gasteiger charge is 2.23. The molecule has 2 aromatic carbocycles. The van der Waals surface area contributed by atoms with Crippen molar-refractivity contribution in [2.45, 2.75) is 32.6 Å². The lowest BCUT2D eigenvalue weighted by molar-refractivity contribution is -0.160. The minimum atomic E-state index is -0.909. The number of rotatable bonds is 8. The van der Waals surface area contributed by atoms with Gasteiger partial charge in [0.2, 0.25) is 0 Å². The predicted molar refractivity (Wildman–Crippen MR) is 96.9 cm³/mol. The van der Waals surface area contributed by atoms with E-state index >= 15 is 0 Å². The van der Waals surface area contributed by atoms with E-state index in [-0.39, 0.29) is 5.91 Å². The van der Waals surface area contributed by atoms with Crippen LogP contribution in [-0.2, 0) is 20.9 Å². The van der Waals surface area contributed by atoms with E-state index in [1.165, 1.54) is 6.92 Å². The molecule has 2 aromatic rings. The quantitative estimate of drug-likeness (QED) is 0.736. The average molecular weight is 357 g/mol. The standard InChI is InChI=1S/C20H23NO5/c1-14(19(22)21-13-16-7-5-4-6-8-16)26-20(23)15(2)25-18-11-9-17(24-3)10-12-18/h4-12,14-15H,13H2,1-3H3,(H,21,22). The molecular weight excluding hydrogens is 334 g/mol. The summed E-state index contributed by atoms with van der Waals surface area (Å²) in [7, 11) is 1.57. The van der Waals surface area contributed by atoms with Crippen LogP contribution in [0.15, 0.2) is 54.6 Å². The van der Waals surface area contributed by atoms with E-state index in [0.29, 0.717) is 18.0 Å². The summed E-state index contributed by atoms with van der Waals surface area (Å²) in [4.78, 5) is 24.2. The third-order valence-electron chi connectivity index (χ3n) is 3.68. The fraction of sp³-hybridized carbons (Fsp3) is 0.300. The molecule has 2 rings (SSSR count). The molecule has 1 N–H and O–H groups in total. The summed E-state index contributed by atoms with van der Waals surface area (Å²) >= 11 is 0. The molecule has 0 saturated heterocycles. The molecule has 2 unspecified atom stereocenters. The Hall–Kier alpha value is -3.02. The smallest absolute Gasteiger partial charge is 0.347 e. The zero-order valence-electron chi connectivity index (χ0n) is 15.1. The Morgan fingerprint density at radius 2 is 1.54 bits per heavy atom. The minimum absolute atomic E-state index is 0.362. The van der Waals surface area contributed by atoms with Crippen molar-refractivity contribution < 1.29 is 23.8 Å². The van der Waals surface area contributed by atoms with Gasteiger partial charge >= 0.3 is 5.97 Å². The van der Waals surface area contributed by atoms with Crippen LogP contribution in [0.1, 0.15) is 19.4 Å². The van der Waals surface area contributed by atoms with Gasteiger partial charge in [0, 0.05) is 6.54 Å². The van der Waals surface area contributed by atoms with Gasteiger partial charge in [-0.05, 0) is 43.7 Å². The molecule has 0 heterocycles. The molecule has 0 bridgehead atoms. The van der Waals surface area contributed by atoms with Crippen LogP contribution in [0.2, 0.25) is 0 Å². The summed E-state index contributed by atoms with van der Waals surface area (Å²) < 4.78 is 15.8. The SMILES string of the molecule is COc1ccc(OC(C)C(=O)OC(C)C(=O)NCc2ccccc2)cc1. The Bertz CT molecular complexity index is 715. The number of hydrogen-bond acceptors (Lipinski definition) is 5. The van der Waals surface area contributed by atoms with Gasteiger partial charge < -0.3 is 19.5 Å². The average Bonchev–Trinajstić information content (AvgIpc) is 2.67. The Balaban J connectivity index is 1.79. The summed E-state index contributed by atoms with van der Waals surface area (Å²) in [5, 5.41) is 2.73. The maximum atomic E-state index is 12.1. The van der Waals surface area contributed by atoms with Crippen LogP contribution in [0.4, 0.5) is 0 Å². The topological polar surface area (TPSA) is 73.9 Å². The van der Waals surface area contributed by atoms with E-state index in [2.05, 4.69) is 5.32 Å². The van der Waals surface area contributed by atoms with Crippen LogP contribution in [-0.4, -0.2) is 31.2 Å². The molecule has 0 fully saturated rings. The first kappa shape index (κ1) is 19.3. The monoisotopic (exact) mass is 357 g/mol. The Labute approximate surface area is 153 Å². The van der Waals surface area contributed by atoms with Gasteiger partial charge in [-0.3, -0.25) is 4.79 Å². The molecule has 0 aliphatic heterocycles. The van der Waals surface area contributed by atoms with Crippen LogP contribution >= 0.6 is 0 Å². The summed E-state index contributed by atoms with van der Waals surface area (Å²) in [5.74, 6) is 0.231. The second-order valence-corrected chi connectivity index (χ2v) is 5.72. The van der Waals surface area contributed by atoms with Gasteiger partial charge in [-0.25, -0.2) is 4.79 Å². The Kier molecular flexibility index (Phi) is 7.02. The summed E-state index contributed by atoms with van der Waals surface area (Å²) in [6.45, 7) is 3.47. The van der Waals surface area contributed by atoms with Crippen molar-refractivity contribution in [2.75, 3.05) is 7.11 Å². The summed E-state index contributed by atoms with van der Waals surface area (Å²) in [5.41, 5.74) is 0.968. The zero-order valence-corrected chi connectivity index (χ0v) is 15.1. The molecule has 0 spiro atoms. The van der Waals surface area contributed by atoms with Gasteiger partial charge in [-0.2, -0.15) is 0 Å². The van der Waals surface area contributed by atoms with Crippen molar-refractivity contribution in [3.8, 4) is 11.5 Å². The number of benzene rings is 2. The number of carbonyl (C=O) groups is 2. The Morgan fingerprint density at radius 3 is 2.15 bits per heavy atom. The zero-order chi connectivity index (χ0) is 18.9. The molecule has 0 radical (unpaired) electrons. The second-order valence-electron chi connectivity index (χ2n) is 5.72. The van der Waals surface area contributed by atoms with E-state index in [1.807, 2.05) is 30.3 Å². The van der Waals surface area contributed by atoms with Crippen molar-refractivity contribution in [2.24, 2.45) is 0 Å². The number of ether oxygens (including phenoxy) is 3. The Morgan fingerprint density at radius 1 is 0.923 bits per heavy atom. The molecule has 0 aliphatic carbocycles. The largest absolute Gasteiger partial charge is 0.497 e. The maximum Gasteiger partial charge on any atom is 0.347 e. The highest BCUT2D eigenvalue weighted by atomic mass is 16.6. The van der Waals surface area contributed by atoms with E-state index < -0.39 is 18.2 Å². The van der Waals surface area contributed by atoms with Crippen LogP contribution in [0.3, 0.4) is 0 Å². The maximum absolute atomic E-state index is 12.1. The molecule has 0 saturated carbocycles. The van der Waals surface area contributed by atoms with E-state index in [0.717, 1.165) is 5.56 Å². The summed E-state index contributed by atoms with van der Waals surface area (Å²) in [6, 6.07) is 16.3. The summed E-state index contributed by atoms with van der Waals surface area (Å²) in [6.07, 6.45) is -1.75. The van der Waals surface area contributed by atoms with Crippen molar-refractivity contribution in [1.29, 1.82) is 0 Å². The van der Waals surface area contributed by atoms with Gasteiger partial charge in [0.05, 0.1) is 7.11 Å². The van der Waals surface area contributed by atoms with Crippen molar-refractivity contribution in [3.05, 3.63) is 60.2 Å². The highest BCUT2D eigenvalue weighted by molar-refractivity contribution is 5.84. The molecule has 0 aromatic heterocycles. The lowest BCUT2D eigenvalue weighted by Crippen LogP contribution is -2.38. The van der Waals surface area contributed by atoms with Crippen LogP contribution in [0.25, 0.3) is 0 Å². The fourth-order valence-corrected chi connectivity index (χ4v) is 2.16. The minimum Gasteiger partial charge on any atom is -0.497 e. The lowest BCUT2D eigenvalue weighted by atomic mass is 10.2. The van der Waals surface area contributed by atoms with Gasteiger partial charge in [0.25, 0.3) is 5.91 Å². The molecular formula is C20H23NO5. The molecule has 6 nitrogen and oxygen atoms in total. The number of nitrogens with one attached hydrogen (secondary N) is 1. The first-order valence-corrected chi connectivity index (χ1v) is 8.32. The molecule has 138 valence electrons. The highest BCUT2D eigenvalue weighted by Crippen LogP contribution is 2.18. The van der Waals surface area contributed by atoms with E-state index in [1.54, 1.807) is 38.3 Å². The van der Waals surface area contributed by atoms with E-state index in [4.69, 9.17) is 14.2 Å². The third-order valence-corrected chi connectivity index (χ3v) is 3.68. The molecule has 1 amide bonds. The number of amides is 1. The fourth-order valence-electron chi connectivity index (χ4n) is 2.16. The van der Waals surface area contributed by atoms with Crippen LogP contribution in [0.5, 0.6) is 11.5 Å². The van der Waals surface area contributed by atoms with Crippen molar-refractivity contribution >= 4 is 11.9 Å². The van der Waals surface area contributed by atoms with Gasteiger partial charge in [-0.1, -0.05) is 30.3 Å². The second kappa shape index (κ2) is 9.46. The van der Waals surface area contributed by atoms with Crippen LogP contribution < -0.4 is 14.8 Å². The van der Waals surface area contributed by atoms with Crippen LogP contribution in [0, 0.1) is 0 Å². The van der Waals surface area contributed by atoms with Crippen molar-refractivity contribution in [3.63, 3.8) is 0 Å². The number of hydrogen-bond donors (Lipinski definition) is 1.